The zero-order valence-electron chi connectivity index (χ0n) is 19.9. The Hall–Kier alpha value is -4.37. The number of ether oxygens (including phenoxy) is 1. The Morgan fingerprint density at radius 2 is 1.89 bits per heavy atom. The highest BCUT2D eigenvalue weighted by Gasteiger charge is 2.23. The van der Waals surface area contributed by atoms with Gasteiger partial charge in [0.15, 0.2) is 0 Å². The minimum atomic E-state index is -0.0127. The average Bonchev–Trinajstić information content (AvgIpc) is 3.55. The summed E-state index contributed by atoms with van der Waals surface area (Å²) in [5.41, 5.74) is 5.18. The van der Waals surface area contributed by atoms with Crippen molar-refractivity contribution in [1.29, 1.82) is 0 Å². The molecule has 0 saturated heterocycles. The van der Waals surface area contributed by atoms with Crippen LogP contribution in [0.1, 0.15) is 33.3 Å². The van der Waals surface area contributed by atoms with E-state index in [1.54, 1.807) is 25.7 Å². The zero-order valence-corrected chi connectivity index (χ0v) is 19.9. The topological polar surface area (TPSA) is 102 Å². The lowest BCUT2D eigenvalue weighted by atomic mass is 10.1. The van der Waals surface area contributed by atoms with E-state index in [2.05, 4.69) is 30.6 Å². The minimum Gasteiger partial charge on any atom is -0.380 e. The third kappa shape index (κ3) is 4.36. The normalized spacial score (nSPS) is 13.2. The SMILES string of the molecule is COCc1ccnc(-c2ccnc(Cc3ccc4[nH]c(C(=O)N5CCn6ccnc6C5)cc4c3)n2)c1. The number of imidazole rings is 1. The Morgan fingerprint density at radius 1 is 0.972 bits per heavy atom. The standard InChI is InChI=1S/C27H25N7O2/c1-36-17-19-4-6-28-23(13-19)22-5-7-29-25(32-22)14-18-2-3-21-20(12-18)15-24(31-21)27(35)34-11-10-33-9-8-30-26(33)16-34/h2-9,12-13,15,31H,10-11,14,16-17H2,1H3. The van der Waals surface area contributed by atoms with Crippen molar-refractivity contribution < 1.29 is 9.53 Å². The molecule has 5 aromatic rings. The molecule has 180 valence electrons. The lowest BCUT2D eigenvalue weighted by Crippen LogP contribution is -2.38. The van der Waals surface area contributed by atoms with E-state index in [9.17, 15) is 4.79 Å². The molecule has 0 bridgehead atoms. The van der Waals surface area contributed by atoms with Gasteiger partial charge >= 0.3 is 0 Å². The number of H-pyrrole nitrogens is 1. The third-order valence-electron chi connectivity index (χ3n) is 6.41. The molecule has 0 aliphatic carbocycles. The number of hydrogen-bond donors (Lipinski definition) is 1. The van der Waals surface area contributed by atoms with Gasteiger partial charge in [-0.2, -0.15) is 0 Å². The van der Waals surface area contributed by atoms with Crippen LogP contribution in [0.25, 0.3) is 22.3 Å². The monoisotopic (exact) mass is 479 g/mol. The maximum absolute atomic E-state index is 13.1. The first-order valence-corrected chi connectivity index (χ1v) is 11.8. The second-order valence-electron chi connectivity index (χ2n) is 8.89. The molecule has 4 aromatic heterocycles. The lowest BCUT2D eigenvalue weighted by Gasteiger charge is -2.27. The van der Waals surface area contributed by atoms with Crippen LogP contribution in [0.2, 0.25) is 0 Å². The molecule has 1 N–H and O–H groups in total. The molecule has 6 rings (SSSR count). The van der Waals surface area contributed by atoms with Gasteiger partial charge in [-0.3, -0.25) is 9.78 Å². The van der Waals surface area contributed by atoms with E-state index in [0.717, 1.165) is 45.8 Å². The molecule has 0 spiro atoms. The van der Waals surface area contributed by atoms with Gasteiger partial charge in [-0.15, -0.1) is 0 Å². The van der Waals surface area contributed by atoms with Gasteiger partial charge in [-0.05, 0) is 47.5 Å². The van der Waals surface area contributed by atoms with Gasteiger partial charge in [-0.1, -0.05) is 6.07 Å². The Morgan fingerprint density at radius 3 is 2.81 bits per heavy atom. The molecule has 1 amide bonds. The fraction of sp³-hybridized carbons (Fsp3) is 0.222. The number of carbonyl (C=O) groups excluding carboxylic acids is 1. The number of methoxy groups -OCH3 is 1. The number of hydrogen-bond acceptors (Lipinski definition) is 6. The molecule has 0 atom stereocenters. The van der Waals surface area contributed by atoms with E-state index in [1.807, 2.05) is 47.5 Å². The van der Waals surface area contributed by atoms with Crippen LogP contribution in [-0.2, 0) is 30.9 Å². The van der Waals surface area contributed by atoms with Crippen LogP contribution < -0.4 is 0 Å². The fourth-order valence-corrected chi connectivity index (χ4v) is 4.60. The summed E-state index contributed by atoms with van der Waals surface area (Å²) in [4.78, 5) is 36.3. The second kappa shape index (κ2) is 9.35. The number of rotatable bonds is 6. The number of aromatic nitrogens is 6. The maximum atomic E-state index is 13.1. The predicted molar refractivity (Wildman–Crippen MR) is 134 cm³/mol. The largest absolute Gasteiger partial charge is 0.380 e. The number of benzene rings is 1. The Labute approximate surface area is 207 Å². The Kier molecular flexibility index (Phi) is 5.74. The second-order valence-corrected chi connectivity index (χ2v) is 8.89. The number of amides is 1. The molecule has 1 aromatic carbocycles. The summed E-state index contributed by atoms with van der Waals surface area (Å²) in [7, 11) is 1.67. The Bertz CT molecular complexity index is 1550. The Balaban J connectivity index is 1.20. The summed E-state index contributed by atoms with van der Waals surface area (Å²) in [6, 6.07) is 13.8. The van der Waals surface area contributed by atoms with Gasteiger partial charge in [0.25, 0.3) is 5.91 Å². The predicted octanol–water partition coefficient (Wildman–Crippen LogP) is 3.61. The van der Waals surface area contributed by atoms with Crippen LogP contribution >= 0.6 is 0 Å². The molecular formula is C27H25N7O2. The summed E-state index contributed by atoms with van der Waals surface area (Å²) in [5.74, 6) is 1.61. The number of nitrogens with one attached hydrogen (secondary N) is 1. The molecule has 9 heteroatoms. The summed E-state index contributed by atoms with van der Waals surface area (Å²) in [6.45, 7) is 2.47. The van der Waals surface area contributed by atoms with Crippen molar-refractivity contribution >= 4 is 16.8 Å². The van der Waals surface area contributed by atoms with Gasteiger partial charge in [0, 0.05) is 62.3 Å². The van der Waals surface area contributed by atoms with Crippen LogP contribution in [0.4, 0.5) is 0 Å². The van der Waals surface area contributed by atoms with Gasteiger partial charge in [0.2, 0.25) is 0 Å². The van der Waals surface area contributed by atoms with Gasteiger partial charge in [0.05, 0.1) is 24.5 Å². The summed E-state index contributed by atoms with van der Waals surface area (Å²) in [5, 5.41) is 0.986. The molecule has 1 aliphatic rings. The smallest absolute Gasteiger partial charge is 0.270 e. The van der Waals surface area contributed by atoms with Crippen molar-refractivity contribution in [2.24, 2.45) is 0 Å². The van der Waals surface area contributed by atoms with E-state index in [-0.39, 0.29) is 5.91 Å². The third-order valence-corrected chi connectivity index (χ3v) is 6.41. The van der Waals surface area contributed by atoms with Crippen molar-refractivity contribution in [1.82, 2.24) is 34.4 Å². The number of carbonyl (C=O) groups is 1. The molecule has 0 saturated carbocycles. The van der Waals surface area contributed by atoms with E-state index in [0.29, 0.717) is 37.6 Å². The van der Waals surface area contributed by atoms with E-state index in [1.165, 1.54) is 0 Å². The van der Waals surface area contributed by atoms with Gasteiger partial charge in [0.1, 0.15) is 17.3 Å². The summed E-state index contributed by atoms with van der Waals surface area (Å²) in [6.07, 6.45) is 7.84. The molecule has 0 unspecified atom stereocenters. The van der Waals surface area contributed by atoms with E-state index >= 15 is 0 Å². The average molecular weight is 480 g/mol. The van der Waals surface area contributed by atoms with Crippen LogP contribution in [-0.4, -0.2) is 53.9 Å². The van der Waals surface area contributed by atoms with E-state index < -0.39 is 0 Å². The summed E-state index contributed by atoms with van der Waals surface area (Å²) < 4.78 is 7.32. The van der Waals surface area contributed by atoms with Crippen LogP contribution in [0, 0.1) is 0 Å². The lowest BCUT2D eigenvalue weighted by molar-refractivity contribution is 0.0702. The maximum Gasteiger partial charge on any atom is 0.270 e. The number of aromatic amines is 1. The highest BCUT2D eigenvalue weighted by Crippen LogP contribution is 2.22. The molecule has 9 nitrogen and oxygen atoms in total. The first-order valence-electron chi connectivity index (χ1n) is 11.8. The molecule has 0 fully saturated rings. The number of nitrogens with zero attached hydrogens (tertiary/aromatic N) is 6. The zero-order chi connectivity index (χ0) is 24.5. The van der Waals surface area contributed by atoms with Crippen LogP contribution in [0.15, 0.2) is 67.3 Å². The molecular weight excluding hydrogens is 454 g/mol. The molecule has 1 aliphatic heterocycles. The van der Waals surface area contributed by atoms with Crippen molar-refractivity contribution in [2.75, 3.05) is 13.7 Å². The van der Waals surface area contributed by atoms with Crippen molar-refractivity contribution in [2.45, 2.75) is 26.1 Å². The van der Waals surface area contributed by atoms with Crippen LogP contribution in [0.5, 0.6) is 0 Å². The highest BCUT2D eigenvalue weighted by atomic mass is 16.5. The van der Waals surface area contributed by atoms with Crippen molar-refractivity contribution in [3.8, 4) is 11.4 Å². The molecule has 5 heterocycles. The van der Waals surface area contributed by atoms with Crippen molar-refractivity contribution in [3.05, 3.63) is 95.7 Å². The number of fused-ring (bicyclic) bond motifs is 2. The first-order chi connectivity index (χ1) is 17.7. The minimum absolute atomic E-state index is 0.0127. The van der Waals surface area contributed by atoms with Gasteiger partial charge in [-0.25, -0.2) is 15.0 Å². The molecule has 36 heavy (non-hydrogen) atoms. The fourth-order valence-electron chi connectivity index (χ4n) is 4.60. The van der Waals surface area contributed by atoms with Crippen molar-refractivity contribution in [3.63, 3.8) is 0 Å². The van der Waals surface area contributed by atoms with Crippen LogP contribution in [0.3, 0.4) is 0 Å². The highest BCUT2D eigenvalue weighted by molar-refractivity contribution is 5.98. The quantitative estimate of drug-likeness (QED) is 0.399. The van der Waals surface area contributed by atoms with Gasteiger partial charge < -0.3 is 19.2 Å². The van der Waals surface area contributed by atoms with E-state index in [4.69, 9.17) is 9.72 Å². The first kappa shape index (κ1) is 22.1. The number of pyridine rings is 1. The summed E-state index contributed by atoms with van der Waals surface area (Å²) >= 11 is 0. The molecule has 0 radical (unpaired) electrons.